The number of carbonyl (C=O) groups is 1. The minimum Gasteiger partial charge on any atom is -0.273 e. The van der Waals surface area contributed by atoms with E-state index in [4.69, 9.17) is 5.26 Å². The van der Waals surface area contributed by atoms with Crippen LogP contribution in [-0.2, 0) is 4.79 Å². The SMILES string of the molecule is N#CCCCC=NN1CCCCCC1=O. The maximum absolute atomic E-state index is 11.5. The van der Waals surface area contributed by atoms with Crippen molar-refractivity contribution in [1.29, 1.82) is 5.26 Å². The van der Waals surface area contributed by atoms with Crippen molar-refractivity contribution < 1.29 is 4.79 Å². The van der Waals surface area contributed by atoms with Crippen LogP contribution in [0.25, 0.3) is 0 Å². The maximum Gasteiger partial charge on any atom is 0.242 e. The summed E-state index contributed by atoms with van der Waals surface area (Å²) >= 11 is 0. The molecule has 4 heteroatoms. The van der Waals surface area contributed by atoms with Gasteiger partial charge in [-0.05, 0) is 25.7 Å². The summed E-state index contributed by atoms with van der Waals surface area (Å²) in [5.74, 6) is 0.129. The first kappa shape index (κ1) is 11.7. The zero-order valence-corrected chi connectivity index (χ0v) is 8.98. The molecule has 0 radical (unpaired) electrons. The van der Waals surface area contributed by atoms with Gasteiger partial charge >= 0.3 is 0 Å². The van der Waals surface area contributed by atoms with Gasteiger partial charge in [0.1, 0.15) is 0 Å². The van der Waals surface area contributed by atoms with Gasteiger partial charge in [-0.3, -0.25) is 4.79 Å². The summed E-state index contributed by atoms with van der Waals surface area (Å²) in [5, 5.41) is 14.0. The number of nitrogens with zero attached hydrogens (tertiary/aromatic N) is 3. The van der Waals surface area contributed by atoms with Crippen LogP contribution in [0.5, 0.6) is 0 Å². The third-order valence-electron chi connectivity index (χ3n) is 2.39. The molecule has 0 aromatic carbocycles. The molecule has 0 aromatic rings. The molecule has 1 aliphatic heterocycles. The Kier molecular flexibility index (Phi) is 5.46. The number of nitriles is 1. The van der Waals surface area contributed by atoms with E-state index in [9.17, 15) is 4.79 Å². The highest BCUT2D eigenvalue weighted by atomic mass is 16.2. The van der Waals surface area contributed by atoms with Crippen molar-refractivity contribution in [2.45, 2.75) is 44.9 Å². The van der Waals surface area contributed by atoms with E-state index in [1.807, 2.05) is 0 Å². The third-order valence-corrected chi connectivity index (χ3v) is 2.39. The summed E-state index contributed by atoms with van der Waals surface area (Å²) in [5.41, 5.74) is 0. The second-order valence-corrected chi connectivity index (χ2v) is 3.68. The second kappa shape index (κ2) is 6.99. The molecule has 82 valence electrons. The average Bonchev–Trinajstić information content (AvgIpc) is 2.44. The fraction of sp³-hybridized carbons (Fsp3) is 0.727. The molecule has 1 amide bonds. The largest absolute Gasteiger partial charge is 0.273 e. The van der Waals surface area contributed by atoms with Crippen LogP contribution in [0.1, 0.15) is 44.9 Å². The summed E-state index contributed by atoms with van der Waals surface area (Å²) < 4.78 is 0. The van der Waals surface area contributed by atoms with E-state index in [1.165, 1.54) is 0 Å². The number of amides is 1. The molecule has 0 aliphatic carbocycles. The Morgan fingerprint density at radius 2 is 2.33 bits per heavy atom. The van der Waals surface area contributed by atoms with Crippen molar-refractivity contribution >= 4 is 12.1 Å². The smallest absolute Gasteiger partial charge is 0.242 e. The molecule has 15 heavy (non-hydrogen) atoms. The summed E-state index contributed by atoms with van der Waals surface area (Å²) in [7, 11) is 0. The van der Waals surface area contributed by atoms with Gasteiger partial charge in [0.25, 0.3) is 0 Å². The van der Waals surface area contributed by atoms with E-state index >= 15 is 0 Å². The lowest BCUT2D eigenvalue weighted by atomic mass is 10.2. The highest BCUT2D eigenvalue weighted by Crippen LogP contribution is 2.11. The highest BCUT2D eigenvalue weighted by molar-refractivity contribution is 5.77. The first-order valence-corrected chi connectivity index (χ1v) is 5.54. The Hall–Kier alpha value is -1.37. The lowest BCUT2D eigenvalue weighted by molar-refractivity contribution is -0.130. The van der Waals surface area contributed by atoms with Gasteiger partial charge in [-0.25, -0.2) is 5.01 Å². The molecular formula is C11H17N3O. The molecule has 0 N–H and O–H groups in total. The lowest BCUT2D eigenvalue weighted by Crippen LogP contribution is -2.24. The first-order chi connectivity index (χ1) is 7.34. The van der Waals surface area contributed by atoms with Crippen LogP contribution >= 0.6 is 0 Å². The molecule has 1 aliphatic rings. The van der Waals surface area contributed by atoms with Crippen molar-refractivity contribution in [3.8, 4) is 6.07 Å². The highest BCUT2D eigenvalue weighted by Gasteiger charge is 2.14. The number of hydrazone groups is 1. The van der Waals surface area contributed by atoms with Crippen LogP contribution in [0.4, 0.5) is 0 Å². The molecule has 0 spiro atoms. The fourth-order valence-electron chi connectivity index (χ4n) is 1.52. The summed E-state index contributed by atoms with van der Waals surface area (Å²) in [6, 6.07) is 2.08. The predicted molar refractivity (Wildman–Crippen MR) is 58.1 cm³/mol. The Morgan fingerprint density at radius 3 is 3.13 bits per heavy atom. The molecule has 0 saturated carbocycles. The molecule has 0 aromatic heterocycles. The number of hydrogen-bond acceptors (Lipinski definition) is 3. The van der Waals surface area contributed by atoms with Crippen LogP contribution in [-0.4, -0.2) is 23.7 Å². The van der Waals surface area contributed by atoms with Crippen molar-refractivity contribution in [2.24, 2.45) is 5.10 Å². The van der Waals surface area contributed by atoms with Gasteiger partial charge in [0.2, 0.25) is 5.91 Å². The van der Waals surface area contributed by atoms with Gasteiger partial charge in [0.05, 0.1) is 6.07 Å². The predicted octanol–water partition coefficient (Wildman–Crippen LogP) is 2.07. The van der Waals surface area contributed by atoms with E-state index in [-0.39, 0.29) is 5.91 Å². The quantitative estimate of drug-likeness (QED) is 0.523. The van der Waals surface area contributed by atoms with Gasteiger partial charge in [0.15, 0.2) is 0 Å². The number of rotatable bonds is 4. The van der Waals surface area contributed by atoms with E-state index in [2.05, 4.69) is 11.2 Å². The zero-order chi connectivity index (χ0) is 10.9. The normalized spacial score (nSPS) is 17.8. The summed E-state index contributed by atoms with van der Waals surface area (Å²) in [6.07, 6.45) is 7.67. The van der Waals surface area contributed by atoms with E-state index in [1.54, 1.807) is 11.2 Å². The van der Waals surface area contributed by atoms with Gasteiger partial charge < -0.3 is 0 Å². The second-order valence-electron chi connectivity index (χ2n) is 3.68. The van der Waals surface area contributed by atoms with Crippen LogP contribution in [0.2, 0.25) is 0 Å². The molecule has 0 unspecified atom stereocenters. The Labute approximate surface area is 90.6 Å². The molecule has 1 rings (SSSR count). The Balaban J connectivity index is 2.28. The molecule has 0 atom stereocenters. The van der Waals surface area contributed by atoms with Gasteiger partial charge in [0, 0.05) is 25.6 Å². The van der Waals surface area contributed by atoms with E-state index in [0.717, 1.165) is 38.6 Å². The standard InChI is InChI=1S/C11H17N3O/c12-8-4-2-5-9-13-14-10-6-1-3-7-11(14)15/h9H,1-7,10H2. The number of carbonyl (C=O) groups excluding carboxylic acids is 1. The topological polar surface area (TPSA) is 56.5 Å². The number of hydrogen-bond donors (Lipinski definition) is 0. The lowest BCUT2D eigenvalue weighted by Gasteiger charge is -2.13. The van der Waals surface area contributed by atoms with E-state index in [0.29, 0.717) is 12.8 Å². The Morgan fingerprint density at radius 1 is 1.47 bits per heavy atom. The molecule has 0 bridgehead atoms. The van der Waals surface area contributed by atoms with Crippen LogP contribution in [0.15, 0.2) is 5.10 Å². The van der Waals surface area contributed by atoms with Crippen molar-refractivity contribution in [1.82, 2.24) is 5.01 Å². The number of unbranched alkanes of at least 4 members (excludes halogenated alkanes) is 2. The monoisotopic (exact) mass is 207 g/mol. The Bertz CT molecular complexity index is 267. The molecule has 1 saturated heterocycles. The average molecular weight is 207 g/mol. The van der Waals surface area contributed by atoms with Crippen molar-refractivity contribution in [3.63, 3.8) is 0 Å². The minimum atomic E-state index is 0.129. The molecular weight excluding hydrogens is 190 g/mol. The van der Waals surface area contributed by atoms with E-state index < -0.39 is 0 Å². The zero-order valence-electron chi connectivity index (χ0n) is 8.98. The van der Waals surface area contributed by atoms with Gasteiger partial charge in [-0.15, -0.1) is 0 Å². The van der Waals surface area contributed by atoms with Crippen LogP contribution in [0, 0.1) is 11.3 Å². The molecule has 1 heterocycles. The first-order valence-electron chi connectivity index (χ1n) is 5.54. The van der Waals surface area contributed by atoms with Gasteiger partial charge in [-0.2, -0.15) is 10.4 Å². The van der Waals surface area contributed by atoms with Crippen molar-refractivity contribution in [2.75, 3.05) is 6.54 Å². The maximum atomic E-state index is 11.5. The van der Waals surface area contributed by atoms with Crippen molar-refractivity contribution in [3.05, 3.63) is 0 Å². The minimum absolute atomic E-state index is 0.129. The van der Waals surface area contributed by atoms with Crippen LogP contribution < -0.4 is 0 Å². The molecule has 1 fully saturated rings. The molecule has 4 nitrogen and oxygen atoms in total. The van der Waals surface area contributed by atoms with Crippen LogP contribution in [0.3, 0.4) is 0 Å². The summed E-state index contributed by atoms with van der Waals surface area (Å²) in [6.45, 7) is 0.744. The fourth-order valence-corrected chi connectivity index (χ4v) is 1.52. The van der Waals surface area contributed by atoms with Gasteiger partial charge in [-0.1, -0.05) is 6.42 Å². The summed E-state index contributed by atoms with van der Waals surface area (Å²) in [4.78, 5) is 11.5. The third kappa shape index (κ3) is 4.59.